The first-order chi connectivity index (χ1) is 18.3. The van der Waals surface area contributed by atoms with Crippen molar-refractivity contribution in [3.63, 3.8) is 0 Å². The third-order valence-electron chi connectivity index (χ3n) is 7.18. The molecule has 1 aliphatic heterocycles. The molecule has 1 saturated carbocycles. The number of alkyl halides is 3. The summed E-state index contributed by atoms with van der Waals surface area (Å²) in [6, 6.07) is 8.86. The van der Waals surface area contributed by atoms with Gasteiger partial charge in [-0.1, -0.05) is 6.07 Å². The van der Waals surface area contributed by atoms with Crippen molar-refractivity contribution < 1.29 is 46.1 Å². The SMILES string of the molecule is COc1ccc(C23CCC(NC(=O)Nc4cc(F)cc(F)c4)CC2N(C)CC3)cc1OC.O=C(O)C(F)(F)F. The molecule has 3 atom stereocenters. The Morgan fingerprint density at radius 2 is 1.64 bits per heavy atom. The Balaban J connectivity index is 0.000000532. The molecule has 0 radical (unpaired) electrons. The van der Waals surface area contributed by atoms with E-state index in [0.29, 0.717) is 5.75 Å². The zero-order valence-electron chi connectivity index (χ0n) is 21.6. The summed E-state index contributed by atoms with van der Waals surface area (Å²) in [5.74, 6) is -2.80. The van der Waals surface area contributed by atoms with Crippen molar-refractivity contribution in [1.82, 2.24) is 10.2 Å². The summed E-state index contributed by atoms with van der Waals surface area (Å²) in [6.45, 7) is 0.973. The molecule has 0 bridgehead atoms. The number of amides is 2. The summed E-state index contributed by atoms with van der Waals surface area (Å²) in [6.07, 6.45) is -1.54. The van der Waals surface area contributed by atoms with Gasteiger partial charge in [0.2, 0.25) is 0 Å². The third kappa shape index (κ3) is 7.08. The van der Waals surface area contributed by atoms with Gasteiger partial charge >= 0.3 is 18.2 Å². The molecule has 3 unspecified atom stereocenters. The minimum atomic E-state index is -5.08. The van der Waals surface area contributed by atoms with Gasteiger partial charge in [0.05, 0.1) is 14.2 Å². The molecule has 0 aromatic heterocycles. The lowest BCUT2D eigenvalue weighted by atomic mass is 9.65. The number of likely N-dealkylation sites (N-methyl/N-ethyl adjacent to an activating group) is 1. The van der Waals surface area contributed by atoms with E-state index in [4.69, 9.17) is 19.4 Å². The topological polar surface area (TPSA) is 100 Å². The van der Waals surface area contributed by atoms with E-state index in [2.05, 4.69) is 34.7 Å². The number of carboxylic acid groups (broad SMARTS) is 1. The number of halogens is 5. The molecule has 2 aromatic rings. The Kier molecular flexibility index (Phi) is 9.26. The number of carboxylic acids is 1. The second-order valence-corrected chi connectivity index (χ2v) is 9.50. The number of nitrogens with zero attached hydrogens (tertiary/aromatic N) is 1. The average molecular weight is 560 g/mol. The van der Waals surface area contributed by atoms with Crippen molar-refractivity contribution in [2.24, 2.45) is 0 Å². The van der Waals surface area contributed by atoms with Gasteiger partial charge in [0, 0.05) is 29.3 Å². The molecular formula is C26H30F5N3O5. The highest BCUT2D eigenvalue weighted by Crippen LogP contribution is 2.49. The summed E-state index contributed by atoms with van der Waals surface area (Å²) >= 11 is 0. The van der Waals surface area contributed by atoms with Crippen molar-refractivity contribution in [2.75, 3.05) is 33.1 Å². The quantitative estimate of drug-likeness (QED) is 0.450. The average Bonchev–Trinajstić information content (AvgIpc) is 3.19. The van der Waals surface area contributed by atoms with E-state index in [9.17, 15) is 26.7 Å². The molecule has 13 heteroatoms. The highest BCUT2D eigenvalue weighted by molar-refractivity contribution is 5.89. The number of fused-ring (bicyclic) bond motifs is 1. The smallest absolute Gasteiger partial charge is 0.490 e. The van der Waals surface area contributed by atoms with E-state index >= 15 is 0 Å². The van der Waals surface area contributed by atoms with Crippen LogP contribution in [0.1, 0.15) is 31.2 Å². The Bertz CT molecular complexity index is 1170. The molecule has 214 valence electrons. The number of anilines is 1. The van der Waals surface area contributed by atoms with Crippen LogP contribution in [-0.4, -0.2) is 68.1 Å². The van der Waals surface area contributed by atoms with E-state index < -0.39 is 29.8 Å². The Labute approximate surface area is 222 Å². The maximum absolute atomic E-state index is 13.4. The van der Waals surface area contributed by atoms with Gasteiger partial charge in [-0.25, -0.2) is 18.4 Å². The van der Waals surface area contributed by atoms with Crippen molar-refractivity contribution >= 4 is 17.7 Å². The number of urea groups is 1. The number of benzene rings is 2. The van der Waals surface area contributed by atoms with Crippen LogP contribution < -0.4 is 20.1 Å². The fraction of sp³-hybridized carbons (Fsp3) is 0.462. The molecule has 2 aliphatic rings. The first kappa shape index (κ1) is 29.9. The monoisotopic (exact) mass is 559 g/mol. The van der Waals surface area contributed by atoms with Crippen LogP contribution in [0, 0.1) is 11.6 Å². The van der Waals surface area contributed by atoms with Crippen LogP contribution in [0.5, 0.6) is 11.5 Å². The standard InChI is InChI=1S/C24H29F2N3O3.C2HF3O2/c1-29-9-8-24(15-4-5-20(31-2)21(10-15)32-3)7-6-18(14-22(24)29)27-23(30)28-19-12-16(25)11-17(26)13-19;3-2(4,5)1(6)7/h4-5,10-13,18,22H,6-9,14H2,1-3H3,(H2,27,28,30);(H,6,7). The minimum absolute atomic E-state index is 0.0192. The number of likely N-dealkylation sites (tertiary alicyclic amines) is 1. The van der Waals surface area contributed by atoms with Crippen molar-refractivity contribution in [2.45, 2.75) is 49.4 Å². The molecule has 2 fully saturated rings. The minimum Gasteiger partial charge on any atom is -0.493 e. The largest absolute Gasteiger partial charge is 0.493 e. The number of methoxy groups -OCH3 is 2. The lowest BCUT2D eigenvalue weighted by Gasteiger charge is -2.45. The molecule has 1 heterocycles. The van der Waals surface area contributed by atoms with E-state index in [1.165, 1.54) is 5.56 Å². The molecule has 2 aromatic carbocycles. The molecule has 3 N–H and O–H groups in total. The van der Waals surface area contributed by atoms with Crippen LogP contribution >= 0.6 is 0 Å². The number of hydrogen-bond donors (Lipinski definition) is 3. The number of nitrogens with one attached hydrogen (secondary N) is 2. The number of carbonyl (C=O) groups is 2. The van der Waals surface area contributed by atoms with Crippen LogP contribution in [0.2, 0.25) is 0 Å². The van der Waals surface area contributed by atoms with E-state index in [-0.39, 0.29) is 23.2 Å². The summed E-state index contributed by atoms with van der Waals surface area (Å²) in [5.41, 5.74) is 1.30. The number of hydrogen-bond acceptors (Lipinski definition) is 5. The molecule has 39 heavy (non-hydrogen) atoms. The predicted octanol–water partition coefficient (Wildman–Crippen LogP) is 4.93. The first-order valence-electron chi connectivity index (χ1n) is 12.1. The second kappa shape index (κ2) is 12.1. The van der Waals surface area contributed by atoms with Gasteiger partial charge in [0.25, 0.3) is 0 Å². The Morgan fingerprint density at radius 1 is 1.03 bits per heavy atom. The summed E-state index contributed by atoms with van der Waals surface area (Å²) < 4.78 is 69.5. The van der Waals surface area contributed by atoms with Crippen LogP contribution in [0.25, 0.3) is 0 Å². The van der Waals surface area contributed by atoms with Crippen LogP contribution in [0.3, 0.4) is 0 Å². The molecule has 4 rings (SSSR count). The molecule has 1 aliphatic carbocycles. The fourth-order valence-electron chi connectivity index (χ4n) is 5.37. The van der Waals surface area contributed by atoms with Gasteiger partial charge in [-0.05, 0) is 69.1 Å². The van der Waals surface area contributed by atoms with Gasteiger partial charge in [0.15, 0.2) is 11.5 Å². The van der Waals surface area contributed by atoms with E-state index in [0.717, 1.165) is 56.2 Å². The van der Waals surface area contributed by atoms with Crippen LogP contribution in [0.15, 0.2) is 36.4 Å². The number of ether oxygens (including phenoxy) is 2. The first-order valence-corrected chi connectivity index (χ1v) is 12.1. The summed E-state index contributed by atoms with van der Waals surface area (Å²) in [5, 5.41) is 12.6. The van der Waals surface area contributed by atoms with E-state index in [1.807, 2.05) is 6.07 Å². The maximum atomic E-state index is 13.4. The molecule has 8 nitrogen and oxygen atoms in total. The van der Waals surface area contributed by atoms with Gasteiger partial charge in [0.1, 0.15) is 11.6 Å². The Hall–Kier alpha value is -3.61. The molecule has 0 spiro atoms. The highest BCUT2D eigenvalue weighted by atomic mass is 19.4. The van der Waals surface area contributed by atoms with Gasteiger partial charge in [-0.3, -0.25) is 0 Å². The maximum Gasteiger partial charge on any atom is 0.490 e. The van der Waals surface area contributed by atoms with Crippen LogP contribution in [-0.2, 0) is 10.2 Å². The zero-order valence-corrected chi connectivity index (χ0v) is 21.6. The molecule has 2 amide bonds. The predicted molar refractivity (Wildman–Crippen MR) is 132 cm³/mol. The lowest BCUT2D eigenvalue weighted by Crippen LogP contribution is -2.52. The van der Waals surface area contributed by atoms with Gasteiger partial charge in [-0.2, -0.15) is 13.2 Å². The third-order valence-corrected chi connectivity index (χ3v) is 7.18. The highest BCUT2D eigenvalue weighted by Gasteiger charge is 2.50. The zero-order chi connectivity index (χ0) is 29.0. The van der Waals surface area contributed by atoms with Crippen molar-refractivity contribution in [3.05, 3.63) is 53.6 Å². The number of rotatable bonds is 5. The molecule has 1 saturated heterocycles. The van der Waals surface area contributed by atoms with Crippen molar-refractivity contribution in [3.8, 4) is 11.5 Å². The number of carbonyl (C=O) groups excluding carboxylic acids is 1. The van der Waals surface area contributed by atoms with Gasteiger partial charge < -0.3 is 30.1 Å². The Morgan fingerprint density at radius 3 is 2.21 bits per heavy atom. The van der Waals surface area contributed by atoms with Crippen molar-refractivity contribution in [1.29, 1.82) is 0 Å². The normalized spacial score (nSPS) is 22.7. The summed E-state index contributed by atoms with van der Waals surface area (Å²) in [7, 11) is 5.38. The molecular weight excluding hydrogens is 529 g/mol. The lowest BCUT2D eigenvalue weighted by molar-refractivity contribution is -0.192. The fourth-order valence-corrected chi connectivity index (χ4v) is 5.37. The summed E-state index contributed by atoms with van der Waals surface area (Å²) in [4.78, 5) is 23.7. The second-order valence-electron chi connectivity index (χ2n) is 9.50. The van der Waals surface area contributed by atoms with Gasteiger partial charge in [-0.15, -0.1) is 0 Å². The van der Waals surface area contributed by atoms with Crippen LogP contribution in [0.4, 0.5) is 32.4 Å². The van der Waals surface area contributed by atoms with E-state index in [1.54, 1.807) is 14.2 Å². The number of aliphatic carboxylic acids is 1.